The first-order valence-electron chi connectivity index (χ1n) is 7.43. The lowest BCUT2D eigenvalue weighted by Gasteiger charge is -2.23. The highest BCUT2D eigenvalue weighted by atomic mass is 32.2. The largest absolute Gasteiger partial charge is 0.480 e. The number of alkyl halides is 3. The number of hydrogen-bond acceptors (Lipinski definition) is 4. The number of nitrogens with zero attached hydrogens (tertiary/aromatic N) is 2. The van der Waals surface area contributed by atoms with Crippen LogP contribution >= 0.6 is 0 Å². The third-order valence-corrected chi connectivity index (χ3v) is 5.45. The quantitative estimate of drug-likeness (QED) is 0.404. The number of carboxylic acid groups (broad SMARTS) is 1. The zero-order chi connectivity index (χ0) is 23.0. The summed E-state index contributed by atoms with van der Waals surface area (Å²) in [5.41, 5.74) is -2.39. The monoisotopic (exact) mass is 464 g/mol. The van der Waals surface area contributed by atoms with Crippen LogP contribution < -0.4 is 0 Å². The minimum absolute atomic E-state index is 0.389. The minimum Gasteiger partial charge on any atom is -0.480 e. The molecule has 0 atom stereocenters. The van der Waals surface area contributed by atoms with Crippen LogP contribution in [-0.4, -0.2) is 35.3 Å². The normalized spacial score (nSPS) is 12.4. The lowest BCUT2D eigenvalue weighted by atomic mass is 10.1. The molecule has 0 aliphatic heterocycles. The van der Waals surface area contributed by atoms with Crippen LogP contribution in [0.2, 0.25) is 0 Å². The van der Waals surface area contributed by atoms with Gasteiger partial charge in [0.15, 0.2) is 28.2 Å². The number of aromatic nitrogens is 1. The molecule has 0 fully saturated rings. The Kier molecular flexibility index (Phi) is 6.37. The molecule has 2 aromatic rings. The Labute approximate surface area is 162 Å². The topological polar surface area (TPSA) is 87.6 Å². The average molecular weight is 464 g/mol. The van der Waals surface area contributed by atoms with Crippen molar-refractivity contribution in [3.05, 3.63) is 58.7 Å². The predicted octanol–water partition coefficient (Wildman–Crippen LogP) is 3.07. The first-order valence-corrected chi connectivity index (χ1v) is 8.87. The van der Waals surface area contributed by atoms with E-state index in [1.54, 1.807) is 0 Å². The standard InChI is InChI=1S/C15H8F8N2O4S/c16-9-10(17)12(19)14(13(20)11(9)18)30(28,29)25(5-8(26)27)4-6-3-24-2-1-7(6)15(21,22)23/h1-3H,4-5H2,(H,26,27). The van der Waals surface area contributed by atoms with Gasteiger partial charge in [-0.3, -0.25) is 9.78 Å². The summed E-state index contributed by atoms with van der Waals surface area (Å²) in [6.45, 7) is -3.11. The molecule has 0 saturated heterocycles. The summed E-state index contributed by atoms with van der Waals surface area (Å²) in [6, 6.07) is 0.416. The van der Waals surface area contributed by atoms with Crippen LogP contribution in [-0.2, 0) is 27.5 Å². The fourth-order valence-electron chi connectivity index (χ4n) is 2.34. The van der Waals surface area contributed by atoms with Gasteiger partial charge in [-0.25, -0.2) is 30.4 Å². The van der Waals surface area contributed by atoms with Crippen molar-refractivity contribution in [1.29, 1.82) is 0 Å². The molecular weight excluding hydrogens is 456 g/mol. The third kappa shape index (κ3) is 4.35. The molecule has 1 heterocycles. The second-order valence-electron chi connectivity index (χ2n) is 5.60. The molecule has 0 aliphatic rings. The zero-order valence-electron chi connectivity index (χ0n) is 14.1. The van der Waals surface area contributed by atoms with Crippen molar-refractivity contribution < 1.29 is 53.4 Å². The molecule has 15 heteroatoms. The van der Waals surface area contributed by atoms with Gasteiger partial charge in [-0.05, 0) is 11.6 Å². The molecular formula is C15H8F8N2O4S. The highest BCUT2D eigenvalue weighted by Gasteiger charge is 2.40. The van der Waals surface area contributed by atoms with Crippen molar-refractivity contribution in [3.63, 3.8) is 0 Å². The molecule has 0 aliphatic carbocycles. The fourth-order valence-corrected chi connectivity index (χ4v) is 3.82. The van der Waals surface area contributed by atoms with E-state index < -0.39 is 80.4 Å². The van der Waals surface area contributed by atoms with Crippen molar-refractivity contribution in [3.8, 4) is 0 Å². The summed E-state index contributed by atoms with van der Waals surface area (Å²) in [5, 5.41) is 8.85. The molecule has 1 N–H and O–H groups in total. The van der Waals surface area contributed by atoms with Gasteiger partial charge in [0, 0.05) is 18.9 Å². The van der Waals surface area contributed by atoms with E-state index in [0.29, 0.717) is 18.5 Å². The predicted molar refractivity (Wildman–Crippen MR) is 80.7 cm³/mol. The summed E-state index contributed by atoms with van der Waals surface area (Å²) < 4.78 is 132. The van der Waals surface area contributed by atoms with Crippen molar-refractivity contribution in [2.24, 2.45) is 0 Å². The molecule has 0 amide bonds. The van der Waals surface area contributed by atoms with Crippen molar-refractivity contribution in [2.75, 3.05) is 6.54 Å². The third-order valence-electron chi connectivity index (χ3n) is 3.63. The second kappa shape index (κ2) is 8.14. The molecule has 1 aromatic carbocycles. The van der Waals surface area contributed by atoms with Crippen molar-refractivity contribution in [1.82, 2.24) is 9.29 Å². The van der Waals surface area contributed by atoms with E-state index in [0.717, 1.165) is 0 Å². The summed E-state index contributed by atoms with van der Waals surface area (Å²) in [5.74, 6) is -15.5. The second-order valence-corrected chi connectivity index (χ2v) is 7.47. The molecule has 30 heavy (non-hydrogen) atoms. The van der Waals surface area contributed by atoms with Gasteiger partial charge < -0.3 is 5.11 Å². The Morgan fingerprint density at radius 2 is 1.50 bits per heavy atom. The molecule has 1 aromatic heterocycles. The van der Waals surface area contributed by atoms with Crippen LogP contribution in [0.3, 0.4) is 0 Å². The van der Waals surface area contributed by atoms with Crippen LogP contribution in [0, 0.1) is 29.1 Å². The van der Waals surface area contributed by atoms with E-state index in [1.165, 1.54) is 0 Å². The molecule has 6 nitrogen and oxygen atoms in total. The van der Waals surface area contributed by atoms with Crippen molar-refractivity contribution >= 4 is 16.0 Å². The summed E-state index contributed by atoms with van der Waals surface area (Å²) in [7, 11) is -5.82. The van der Waals surface area contributed by atoms with E-state index in [9.17, 15) is 48.3 Å². The average Bonchev–Trinajstić information content (AvgIpc) is 2.63. The number of benzene rings is 1. The van der Waals surface area contributed by atoms with E-state index in [1.807, 2.05) is 0 Å². The molecule has 0 unspecified atom stereocenters. The molecule has 0 saturated carbocycles. The van der Waals surface area contributed by atoms with Gasteiger partial charge in [0.1, 0.15) is 6.54 Å². The summed E-state index contributed by atoms with van der Waals surface area (Å²) >= 11 is 0. The Hall–Kier alpha value is -2.81. The number of hydrogen-bond donors (Lipinski definition) is 1. The highest BCUT2D eigenvalue weighted by molar-refractivity contribution is 7.89. The zero-order valence-corrected chi connectivity index (χ0v) is 15.0. The van der Waals surface area contributed by atoms with Gasteiger partial charge in [-0.2, -0.15) is 17.5 Å². The number of pyridine rings is 1. The highest BCUT2D eigenvalue weighted by Crippen LogP contribution is 2.34. The Morgan fingerprint density at radius 1 is 1.00 bits per heavy atom. The molecule has 0 radical (unpaired) electrons. The maximum Gasteiger partial charge on any atom is 0.416 e. The molecule has 164 valence electrons. The summed E-state index contributed by atoms with van der Waals surface area (Å²) in [4.78, 5) is 11.9. The lowest BCUT2D eigenvalue weighted by Crippen LogP contribution is -2.37. The van der Waals surface area contributed by atoms with Gasteiger partial charge >= 0.3 is 12.1 Å². The maximum atomic E-state index is 13.9. The van der Waals surface area contributed by atoms with Crippen LogP contribution in [0.25, 0.3) is 0 Å². The Bertz CT molecular complexity index is 1080. The number of aliphatic carboxylic acids is 1. The van der Waals surface area contributed by atoms with Gasteiger partial charge in [0.2, 0.25) is 15.8 Å². The van der Waals surface area contributed by atoms with Crippen molar-refractivity contribution in [2.45, 2.75) is 17.6 Å². The number of carbonyl (C=O) groups is 1. The van der Waals surface area contributed by atoms with Crippen LogP contribution in [0.1, 0.15) is 11.1 Å². The smallest absolute Gasteiger partial charge is 0.416 e. The van der Waals surface area contributed by atoms with E-state index in [2.05, 4.69) is 4.98 Å². The minimum atomic E-state index is -5.82. The van der Waals surface area contributed by atoms with Crippen LogP contribution in [0.4, 0.5) is 35.1 Å². The molecule has 0 bridgehead atoms. The van der Waals surface area contributed by atoms with Crippen LogP contribution in [0.15, 0.2) is 23.4 Å². The van der Waals surface area contributed by atoms with Gasteiger partial charge in [0.05, 0.1) is 5.56 Å². The first kappa shape index (κ1) is 23.5. The molecule has 2 rings (SSSR count). The SMILES string of the molecule is O=C(O)CN(Cc1cnccc1C(F)(F)F)S(=O)(=O)c1c(F)c(F)c(F)c(F)c1F. The van der Waals surface area contributed by atoms with Gasteiger partial charge in [0.25, 0.3) is 0 Å². The van der Waals surface area contributed by atoms with Crippen LogP contribution in [0.5, 0.6) is 0 Å². The van der Waals surface area contributed by atoms with E-state index >= 15 is 0 Å². The number of sulfonamides is 1. The maximum absolute atomic E-state index is 13.9. The number of rotatable bonds is 6. The number of carboxylic acids is 1. The lowest BCUT2D eigenvalue weighted by molar-refractivity contribution is -0.138. The number of halogens is 8. The summed E-state index contributed by atoms with van der Waals surface area (Å²) in [6.07, 6.45) is -3.86. The van der Waals surface area contributed by atoms with E-state index in [4.69, 9.17) is 5.11 Å². The van der Waals surface area contributed by atoms with Gasteiger partial charge in [-0.1, -0.05) is 0 Å². The Morgan fingerprint density at radius 3 is 1.97 bits per heavy atom. The molecule has 0 spiro atoms. The van der Waals surface area contributed by atoms with Gasteiger partial charge in [-0.15, -0.1) is 0 Å². The Balaban J connectivity index is 2.69. The first-order chi connectivity index (χ1) is 13.7. The fraction of sp³-hybridized carbons (Fsp3) is 0.200. The van der Waals surface area contributed by atoms with E-state index in [-0.39, 0.29) is 4.31 Å².